The summed E-state index contributed by atoms with van der Waals surface area (Å²) in [6, 6.07) is 19.7. The lowest BCUT2D eigenvalue weighted by Gasteiger charge is -2.25. The molecule has 0 spiro atoms. The maximum atomic E-state index is 4.36. The number of benzene rings is 2. The summed E-state index contributed by atoms with van der Waals surface area (Å²) in [6.45, 7) is 5.67. The van der Waals surface area contributed by atoms with Gasteiger partial charge in [-0.25, -0.2) is 4.98 Å². The predicted octanol–water partition coefficient (Wildman–Crippen LogP) is 4.13. The van der Waals surface area contributed by atoms with Gasteiger partial charge in [0.15, 0.2) is 5.96 Å². The second-order valence-electron chi connectivity index (χ2n) is 7.95. The van der Waals surface area contributed by atoms with Crippen molar-refractivity contribution in [1.29, 1.82) is 0 Å². The predicted molar refractivity (Wildman–Crippen MR) is 143 cm³/mol. The smallest absolute Gasteiger partial charge is 0.191 e. The zero-order valence-electron chi connectivity index (χ0n) is 19.2. The number of aliphatic imine (C=N–C) groups is 1. The van der Waals surface area contributed by atoms with Gasteiger partial charge in [0.05, 0.1) is 6.33 Å². The quantitative estimate of drug-likeness (QED) is 0.228. The zero-order valence-corrected chi connectivity index (χ0v) is 21.6. The van der Waals surface area contributed by atoms with E-state index in [4.69, 9.17) is 0 Å². The fourth-order valence-electron chi connectivity index (χ4n) is 3.48. The largest absolute Gasteiger partial charge is 0.356 e. The first-order valence-electron chi connectivity index (χ1n) is 10.9. The van der Waals surface area contributed by atoms with E-state index in [0.29, 0.717) is 6.04 Å². The Morgan fingerprint density at radius 3 is 2.53 bits per heavy atom. The molecule has 172 valence electrons. The van der Waals surface area contributed by atoms with Crippen molar-refractivity contribution in [3.8, 4) is 0 Å². The van der Waals surface area contributed by atoms with Crippen LogP contribution in [0.1, 0.15) is 30.0 Å². The maximum absolute atomic E-state index is 4.36. The summed E-state index contributed by atoms with van der Waals surface area (Å²) in [5, 5.41) is 6.86. The third-order valence-corrected chi connectivity index (χ3v) is 5.48. The molecule has 2 aromatic carbocycles. The summed E-state index contributed by atoms with van der Waals surface area (Å²) in [7, 11) is 4.00. The Bertz CT molecular complexity index is 927. The highest BCUT2D eigenvalue weighted by Gasteiger charge is 2.10. The van der Waals surface area contributed by atoms with Crippen LogP contribution in [0.15, 0.2) is 78.3 Å². The van der Waals surface area contributed by atoms with E-state index in [1.807, 2.05) is 19.6 Å². The van der Waals surface area contributed by atoms with Gasteiger partial charge in [0.2, 0.25) is 0 Å². The third-order valence-electron chi connectivity index (χ3n) is 5.48. The molecule has 0 radical (unpaired) electrons. The van der Waals surface area contributed by atoms with Crippen LogP contribution in [0.2, 0.25) is 0 Å². The number of nitrogens with zero attached hydrogens (tertiary/aromatic N) is 4. The minimum Gasteiger partial charge on any atom is -0.356 e. The average molecular weight is 547 g/mol. The van der Waals surface area contributed by atoms with Crippen molar-refractivity contribution in [2.24, 2.45) is 4.99 Å². The lowest BCUT2D eigenvalue weighted by molar-refractivity contribution is 0.238. The van der Waals surface area contributed by atoms with Crippen LogP contribution in [-0.4, -0.2) is 47.1 Å². The van der Waals surface area contributed by atoms with Crippen molar-refractivity contribution < 1.29 is 0 Å². The number of rotatable bonds is 10. The minimum atomic E-state index is 0. The van der Waals surface area contributed by atoms with Crippen molar-refractivity contribution in [3.63, 3.8) is 0 Å². The van der Waals surface area contributed by atoms with Crippen molar-refractivity contribution in [1.82, 2.24) is 25.1 Å². The molecular formula is C25H35IN6. The first-order valence-corrected chi connectivity index (χ1v) is 10.9. The van der Waals surface area contributed by atoms with E-state index < -0.39 is 0 Å². The van der Waals surface area contributed by atoms with Gasteiger partial charge in [-0.3, -0.25) is 9.89 Å². The van der Waals surface area contributed by atoms with E-state index >= 15 is 0 Å². The molecule has 0 aliphatic heterocycles. The lowest BCUT2D eigenvalue weighted by Crippen LogP contribution is -2.39. The molecule has 0 fully saturated rings. The van der Waals surface area contributed by atoms with Gasteiger partial charge in [-0.2, -0.15) is 0 Å². The summed E-state index contributed by atoms with van der Waals surface area (Å²) < 4.78 is 2.07. The van der Waals surface area contributed by atoms with Crippen molar-refractivity contribution in [3.05, 3.63) is 90.0 Å². The molecule has 0 amide bonds. The Morgan fingerprint density at radius 1 is 1.06 bits per heavy atom. The molecule has 1 unspecified atom stereocenters. The summed E-state index contributed by atoms with van der Waals surface area (Å²) in [5.74, 6) is 0.831. The Kier molecular flexibility index (Phi) is 11.2. The molecule has 7 heteroatoms. The molecule has 1 aromatic heterocycles. The molecule has 6 nitrogen and oxygen atoms in total. The Labute approximate surface area is 209 Å². The van der Waals surface area contributed by atoms with Crippen LogP contribution in [-0.2, 0) is 19.6 Å². The molecule has 0 aliphatic rings. The molecule has 32 heavy (non-hydrogen) atoms. The maximum Gasteiger partial charge on any atom is 0.191 e. The number of nitrogens with one attached hydrogen (secondary N) is 2. The van der Waals surface area contributed by atoms with Crippen LogP contribution in [0, 0.1) is 0 Å². The Hall–Kier alpha value is -2.39. The van der Waals surface area contributed by atoms with Crippen LogP contribution in [0.3, 0.4) is 0 Å². The average Bonchev–Trinajstić information content (AvgIpc) is 3.30. The SMILES string of the molecule is CN=C(NCCC(C)N(C)Cc1ccccc1)NCc1cccc(Cn2ccnc2)c1.I. The molecule has 1 heterocycles. The molecule has 1 atom stereocenters. The van der Waals surface area contributed by atoms with Gasteiger partial charge in [-0.15, -0.1) is 24.0 Å². The molecule has 0 saturated heterocycles. The number of halogens is 1. The van der Waals surface area contributed by atoms with E-state index in [-0.39, 0.29) is 24.0 Å². The number of hydrogen-bond donors (Lipinski definition) is 2. The highest BCUT2D eigenvalue weighted by atomic mass is 127. The second-order valence-corrected chi connectivity index (χ2v) is 7.95. The summed E-state index contributed by atoms with van der Waals surface area (Å²) in [6.07, 6.45) is 6.68. The van der Waals surface area contributed by atoms with Gasteiger partial charge in [0, 0.05) is 51.7 Å². The van der Waals surface area contributed by atoms with Gasteiger partial charge in [0.1, 0.15) is 0 Å². The van der Waals surface area contributed by atoms with Crippen LogP contribution in [0.4, 0.5) is 0 Å². The summed E-state index contributed by atoms with van der Waals surface area (Å²) in [5.41, 5.74) is 3.84. The zero-order chi connectivity index (χ0) is 21.9. The van der Waals surface area contributed by atoms with Crippen molar-refractivity contribution in [2.75, 3.05) is 20.6 Å². The molecule has 0 saturated carbocycles. The first kappa shape index (κ1) is 25.9. The Balaban J connectivity index is 0.00000363. The highest BCUT2D eigenvalue weighted by molar-refractivity contribution is 14.0. The van der Waals surface area contributed by atoms with Crippen molar-refractivity contribution in [2.45, 2.75) is 39.0 Å². The number of guanidine groups is 1. The molecule has 0 aliphatic carbocycles. The van der Waals surface area contributed by atoms with Crippen LogP contribution in [0.25, 0.3) is 0 Å². The van der Waals surface area contributed by atoms with Gasteiger partial charge in [-0.05, 0) is 37.1 Å². The van der Waals surface area contributed by atoms with Crippen molar-refractivity contribution >= 4 is 29.9 Å². The standard InChI is InChI=1S/C25H34N6.HI/c1-21(30(3)18-22-8-5-4-6-9-22)12-13-28-25(26-2)29-17-23-10-7-11-24(16-23)19-31-15-14-27-20-31;/h4-11,14-16,20-21H,12-13,17-19H2,1-3H3,(H2,26,28,29);1H. The number of hydrogen-bond acceptors (Lipinski definition) is 3. The van der Waals surface area contributed by atoms with Gasteiger partial charge >= 0.3 is 0 Å². The second kappa shape index (κ2) is 13.9. The van der Waals surface area contributed by atoms with E-state index in [1.54, 1.807) is 6.20 Å². The van der Waals surface area contributed by atoms with E-state index in [1.165, 1.54) is 16.7 Å². The normalized spacial score (nSPS) is 12.3. The third kappa shape index (κ3) is 8.63. The van der Waals surface area contributed by atoms with Crippen LogP contribution >= 0.6 is 24.0 Å². The highest BCUT2D eigenvalue weighted by Crippen LogP contribution is 2.09. The van der Waals surface area contributed by atoms with Crippen LogP contribution < -0.4 is 10.6 Å². The molecule has 3 rings (SSSR count). The van der Waals surface area contributed by atoms with E-state index in [0.717, 1.165) is 38.6 Å². The molecule has 2 N–H and O–H groups in total. The fraction of sp³-hybridized carbons (Fsp3) is 0.360. The van der Waals surface area contributed by atoms with Gasteiger partial charge < -0.3 is 15.2 Å². The molecule has 3 aromatic rings. The topological polar surface area (TPSA) is 57.5 Å². The molecular weight excluding hydrogens is 511 g/mol. The summed E-state index contributed by atoms with van der Waals surface area (Å²) >= 11 is 0. The monoisotopic (exact) mass is 546 g/mol. The fourth-order valence-corrected chi connectivity index (χ4v) is 3.48. The summed E-state index contributed by atoms with van der Waals surface area (Å²) in [4.78, 5) is 10.9. The van der Waals surface area contributed by atoms with Gasteiger partial charge in [0.25, 0.3) is 0 Å². The van der Waals surface area contributed by atoms with Gasteiger partial charge in [-0.1, -0.05) is 54.6 Å². The van der Waals surface area contributed by atoms with E-state index in [9.17, 15) is 0 Å². The lowest BCUT2D eigenvalue weighted by atomic mass is 10.1. The van der Waals surface area contributed by atoms with E-state index in [2.05, 4.69) is 98.6 Å². The number of imidazole rings is 1. The number of aromatic nitrogens is 2. The van der Waals surface area contributed by atoms with Crippen LogP contribution in [0.5, 0.6) is 0 Å². The Morgan fingerprint density at radius 2 is 1.81 bits per heavy atom. The molecule has 0 bridgehead atoms. The first-order chi connectivity index (χ1) is 15.1. The minimum absolute atomic E-state index is 0.